The number of ether oxygens (including phenoxy) is 1. The van der Waals surface area contributed by atoms with Crippen molar-refractivity contribution in [2.24, 2.45) is 0 Å². The summed E-state index contributed by atoms with van der Waals surface area (Å²) in [6.45, 7) is 0.361. The molecule has 4 rings (SSSR count). The minimum Gasteiger partial charge on any atom is -0.467 e. The lowest BCUT2D eigenvalue weighted by atomic mass is 10.1. The van der Waals surface area contributed by atoms with Crippen LogP contribution in [0.2, 0.25) is 0 Å². The van der Waals surface area contributed by atoms with Crippen LogP contribution in [0.15, 0.2) is 71.6 Å². The fourth-order valence-corrected chi connectivity index (χ4v) is 3.02. The molecule has 0 bridgehead atoms. The number of benzene rings is 2. The summed E-state index contributed by atoms with van der Waals surface area (Å²) in [5.74, 6) is 0.0245. The number of halogens is 3. The maximum atomic E-state index is 12.8. The number of aromatic nitrogens is 4. The zero-order chi connectivity index (χ0) is 24.1. The third kappa shape index (κ3) is 5.65. The van der Waals surface area contributed by atoms with E-state index < -0.39 is 17.8 Å². The maximum absolute atomic E-state index is 12.8. The van der Waals surface area contributed by atoms with E-state index in [4.69, 9.17) is 9.26 Å². The second kappa shape index (κ2) is 9.57. The number of amides is 2. The van der Waals surface area contributed by atoms with Crippen LogP contribution >= 0.6 is 0 Å². The van der Waals surface area contributed by atoms with E-state index in [9.17, 15) is 18.0 Å². The van der Waals surface area contributed by atoms with Crippen molar-refractivity contribution in [3.8, 4) is 17.1 Å². The van der Waals surface area contributed by atoms with Crippen molar-refractivity contribution in [1.29, 1.82) is 0 Å². The molecule has 0 saturated heterocycles. The fourth-order valence-electron chi connectivity index (χ4n) is 3.02. The summed E-state index contributed by atoms with van der Waals surface area (Å²) in [5, 5.41) is 8.55. The van der Waals surface area contributed by atoms with Gasteiger partial charge in [0.25, 0.3) is 6.20 Å². The lowest BCUT2D eigenvalue weighted by Crippen LogP contribution is -2.35. The van der Waals surface area contributed by atoms with Gasteiger partial charge in [0.15, 0.2) is 0 Å². The molecule has 4 aromatic rings. The molecule has 0 aliphatic heterocycles. The van der Waals surface area contributed by atoms with Crippen LogP contribution < -0.4 is 20.1 Å². The van der Waals surface area contributed by atoms with Crippen LogP contribution in [0.4, 0.5) is 29.5 Å². The molecule has 0 fully saturated rings. The van der Waals surface area contributed by atoms with Crippen molar-refractivity contribution in [1.82, 2.24) is 15.2 Å². The van der Waals surface area contributed by atoms with E-state index in [1.54, 1.807) is 12.4 Å². The molecule has 2 aromatic heterocycles. The van der Waals surface area contributed by atoms with Gasteiger partial charge in [0.1, 0.15) is 0 Å². The van der Waals surface area contributed by atoms with Gasteiger partial charge in [-0.05, 0) is 28.4 Å². The highest BCUT2D eigenvalue weighted by Crippen LogP contribution is 2.30. The summed E-state index contributed by atoms with van der Waals surface area (Å²) < 4.78 is 49.9. The third-order valence-corrected chi connectivity index (χ3v) is 4.64. The molecular weight excluding hydrogens is 453 g/mol. The molecule has 0 unspecified atom stereocenters. The molecule has 9 nitrogen and oxygen atoms in total. The molecule has 0 atom stereocenters. The Kier molecular flexibility index (Phi) is 6.39. The van der Waals surface area contributed by atoms with Gasteiger partial charge in [-0.25, -0.2) is 14.8 Å². The first kappa shape index (κ1) is 22.7. The van der Waals surface area contributed by atoms with E-state index in [0.29, 0.717) is 6.54 Å². The molecule has 2 aromatic carbocycles. The number of nitrogens with zero attached hydrogens (tertiary/aromatic N) is 4. The quantitative estimate of drug-likeness (QED) is 0.410. The van der Waals surface area contributed by atoms with Crippen molar-refractivity contribution in [2.45, 2.75) is 12.7 Å². The van der Waals surface area contributed by atoms with E-state index in [1.807, 2.05) is 24.3 Å². The molecule has 2 amide bonds. The van der Waals surface area contributed by atoms with Gasteiger partial charge in [-0.2, -0.15) is 13.2 Å². The predicted molar refractivity (Wildman–Crippen MR) is 114 cm³/mol. The van der Waals surface area contributed by atoms with E-state index in [1.165, 1.54) is 30.1 Å². The summed E-state index contributed by atoms with van der Waals surface area (Å²) in [4.78, 5) is 20.3. The number of rotatable bonds is 6. The molecule has 0 aliphatic rings. The largest absolute Gasteiger partial charge is 0.467 e. The molecule has 0 spiro atoms. The minimum atomic E-state index is -4.51. The number of anilines is 2. The monoisotopic (exact) mass is 471 g/mol. The zero-order valence-corrected chi connectivity index (χ0v) is 17.7. The Morgan fingerprint density at radius 1 is 1.06 bits per heavy atom. The summed E-state index contributed by atoms with van der Waals surface area (Å²) in [7, 11) is 1.50. The average molecular weight is 471 g/mol. The van der Waals surface area contributed by atoms with E-state index in [2.05, 4.69) is 25.9 Å². The molecule has 0 aliphatic carbocycles. The number of alkyl halides is 3. The highest BCUT2D eigenvalue weighted by molar-refractivity contribution is 5.98. The predicted octanol–water partition coefficient (Wildman–Crippen LogP) is 4.14. The second-order valence-corrected chi connectivity index (χ2v) is 7.08. The Labute approximate surface area is 191 Å². The molecule has 174 valence electrons. The minimum absolute atomic E-state index is 0.0120. The topological polar surface area (TPSA) is 106 Å². The third-order valence-electron chi connectivity index (χ3n) is 4.64. The van der Waals surface area contributed by atoms with Crippen LogP contribution in [0.5, 0.6) is 6.01 Å². The van der Waals surface area contributed by atoms with Crippen LogP contribution in [0.3, 0.4) is 0 Å². The Balaban J connectivity index is 1.35. The van der Waals surface area contributed by atoms with E-state index in [-0.39, 0.29) is 17.6 Å². The van der Waals surface area contributed by atoms with Gasteiger partial charge in [-0.15, -0.1) is 0 Å². The molecule has 34 heavy (non-hydrogen) atoms. The number of hydrogen-bond donors (Lipinski definition) is 2. The van der Waals surface area contributed by atoms with Gasteiger partial charge in [-0.3, -0.25) is 9.84 Å². The summed E-state index contributed by atoms with van der Waals surface area (Å²) in [6.07, 6.45) is 0.271. The van der Waals surface area contributed by atoms with Crippen LogP contribution in [0.1, 0.15) is 11.1 Å². The number of hydrogen-bond acceptors (Lipinski definition) is 6. The summed E-state index contributed by atoms with van der Waals surface area (Å²) >= 11 is 0. The highest BCUT2D eigenvalue weighted by Gasteiger charge is 2.30. The van der Waals surface area contributed by atoms with Crippen LogP contribution in [0.25, 0.3) is 11.1 Å². The molecule has 0 saturated carbocycles. The number of carbonyl (C=O) groups is 1. The van der Waals surface area contributed by atoms with Crippen LogP contribution in [-0.2, 0) is 12.7 Å². The molecule has 2 heterocycles. The Hall–Kier alpha value is -4.48. The van der Waals surface area contributed by atoms with Gasteiger partial charge < -0.3 is 10.1 Å². The molecular formula is C22H18F3N6O3+. The Morgan fingerprint density at radius 3 is 2.47 bits per heavy atom. The zero-order valence-electron chi connectivity index (χ0n) is 17.7. The van der Waals surface area contributed by atoms with Gasteiger partial charge in [-0.1, -0.05) is 30.3 Å². The number of nitrogens with one attached hydrogen (secondary N) is 2. The Morgan fingerprint density at radius 2 is 1.79 bits per heavy atom. The summed E-state index contributed by atoms with van der Waals surface area (Å²) in [5.41, 5.74) is 1.79. The van der Waals surface area contributed by atoms with Crippen molar-refractivity contribution in [3.05, 3.63) is 78.2 Å². The lowest BCUT2D eigenvalue weighted by molar-refractivity contribution is -0.754. The number of methoxy groups -OCH3 is 1. The van der Waals surface area contributed by atoms with Crippen molar-refractivity contribution in [2.75, 3.05) is 17.7 Å². The maximum Gasteiger partial charge on any atom is 0.416 e. The average Bonchev–Trinajstić information content (AvgIpc) is 3.25. The molecule has 2 N–H and O–H groups in total. The highest BCUT2D eigenvalue weighted by atomic mass is 19.4. The van der Waals surface area contributed by atoms with E-state index >= 15 is 0 Å². The van der Waals surface area contributed by atoms with Crippen molar-refractivity contribution >= 4 is 17.6 Å². The SMILES string of the molecule is COc1ncc(-c2ccc(C[n+]3cc(NC(=O)Nc4cccc(C(F)(F)F)c4)on3)cc2)cn1. The first-order chi connectivity index (χ1) is 16.3. The van der Waals surface area contributed by atoms with Gasteiger partial charge >= 0.3 is 24.1 Å². The first-order valence-electron chi connectivity index (χ1n) is 9.87. The van der Waals surface area contributed by atoms with Gasteiger partial charge in [0.2, 0.25) is 11.8 Å². The first-order valence-corrected chi connectivity index (χ1v) is 9.87. The van der Waals surface area contributed by atoms with Crippen LogP contribution in [-0.4, -0.2) is 28.4 Å². The fraction of sp³-hybridized carbons (Fsp3) is 0.136. The lowest BCUT2D eigenvalue weighted by Gasteiger charge is -2.09. The summed E-state index contributed by atoms with van der Waals surface area (Å²) in [6, 6.07) is 11.4. The van der Waals surface area contributed by atoms with E-state index in [0.717, 1.165) is 28.8 Å². The standard InChI is InChI=1S/C22H17F3N6O3/c1-33-21-26-10-16(11-27-21)15-7-5-14(6-8-15)12-31-13-19(34-30-31)29-20(32)28-18-4-2-3-17(9-18)22(23,24)25/h2-11,13H,12H2,1H3,(H-,28,29,30,32)/p+1. The normalized spacial score (nSPS) is 11.2. The van der Waals surface area contributed by atoms with Gasteiger partial charge in [0.05, 0.1) is 12.7 Å². The number of carbonyl (C=O) groups excluding carboxylic acids is 1. The van der Waals surface area contributed by atoms with Crippen LogP contribution in [0, 0.1) is 0 Å². The second-order valence-electron chi connectivity index (χ2n) is 7.08. The number of urea groups is 1. The smallest absolute Gasteiger partial charge is 0.416 e. The molecule has 0 radical (unpaired) electrons. The van der Waals surface area contributed by atoms with Crippen molar-refractivity contribution in [3.63, 3.8) is 0 Å². The van der Waals surface area contributed by atoms with Crippen molar-refractivity contribution < 1.29 is 31.9 Å². The Bertz CT molecular complexity index is 1270. The van der Waals surface area contributed by atoms with Gasteiger partial charge in [0, 0.05) is 29.2 Å². The molecule has 12 heteroatoms.